The zero-order valence-electron chi connectivity index (χ0n) is 13.5. The number of anilines is 1. The third-order valence-electron chi connectivity index (χ3n) is 3.36. The molecule has 1 aromatic carbocycles. The van der Waals surface area contributed by atoms with E-state index in [1.807, 2.05) is 6.92 Å². The maximum atomic E-state index is 11.8. The molecule has 0 bridgehead atoms. The Kier molecular flexibility index (Phi) is 7.29. The summed E-state index contributed by atoms with van der Waals surface area (Å²) in [5.41, 5.74) is 1.23. The van der Waals surface area contributed by atoms with Crippen LogP contribution < -0.4 is 10.2 Å². The minimum Gasteiger partial charge on any atom is -0.354 e. The highest BCUT2D eigenvalue weighted by Gasteiger charge is 2.13. The van der Waals surface area contributed by atoms with Gasteiger partial charge < -0.3 is 10.2 Å². The third kappa shape index (κ3) is 5.68. The van der Waals surface area contributed by atoms with E-state index >= 15 is 0 Å². The molecule has 2 amide bonds. The van der Waals surface area contributed by atoms with Crippen molar-refractivity contribution < 1.29 is 14.4 Å². The summed E-state index contributed by atoms with van der Waals surface area (Å²) >= 11 is 0. The van der Waals surface area contributed by atoms with Crippen LogP contribution in [0.2, 0.25) is 0 Å². The quantitative estimate of drug-likeness (QED) is 0.751. The van der Waals surface area contributed by atoms with Crippen LogP contribution in [-0.4, -0.2) is 30.7 Å². The molecule has 120 valence electrons. The number of rotatable bonds is 8. The summed E-state index contributed by atoms with van der Waals surface area (Å²) in [5, 5.41) is 2.81. The summed E-state index contributed by atoms with van der Waals surface area (Å²) in [7, 11) is 0. The van der Waals surface area contributed by atoms with Gasteiger partial charge in [0.15, 0.2) is 5.78 Å². The molecule has 0 atom stereocenters. The maximum Gasteiger partial charge on any atom is 0.223 e. The van der Waals surface area contributed by atoms with Crippen molar-refractivity contribution in [2.75, 3.05) is 18.0 Å². The van der Waals surface area contributed by atoms with Crippen molar-refractivity contribution in [3.63, 3.8) is 0 Å². The molecule has 0 saturated carbocycles. The first-order valence-corrected chi connectivity index (χ1v) is 7.61. The van der Waals surface area contributed by atoms with Gasteiger partial charge in [0, 0.05) is 37.7 Å². The van der Waals surface area contributed by atoms with E-state index in [2.05, 4.69) is 5.32 Å². The van der Waals surface area contributed by atoms with E-state index in [0.29, 0.717) is 30.8 Å². The van der Waals surface area contributed by atoms with E-state index < -0.39 is 0 Å². The molecular formula is C17H24N2O3. The number of nitrogens with zero attached hydrogens (tertiary/aromatic N) is 1. The predicted molar refractivity (Wildman–Crippen MR) is 87.0 cm³/mol. The lowest BCUT2D eigenvalue weighted by Crippen LogP contribution is -2.37. The highest BCUT2D eigenvalue weighted by Crippen LogP contribution is 2.16. The molecule has 22 heavy (non-hydrogen) atoms. The van der Waals surface area contributed by atoms with Gasteiger partial charge in [-0.15, -0.1) is 0 Å². The van der Waals surface area contributed by atoms with Crippen LogP contribution in [0, 0.1) is 0 Å². The normalized spacial score (nSPS) is 10.1. The number of hydrogen-bond acceptors (Lipinski definition) is 3. The Morgan fingerprint density at radius 1 is 1.18 bits per heavy atom. The minimum absolute atomic E-state index is 0.00263. The Hall–Kier alpha value is -2.17. The molecule has 1 N–H and O–H groups in total. The number of carbonyl (C=O) groups excluding carboxylic acids is 3. The van der Waals surface area contributed by atoms with Gasteiger partial charge in [0.25, 0.3) is 0 Å². The summed E-state index contributed by atoms with van der Waals surface area (Å²) in [6, 6.07) is 6.95. The second-order valence-corrected chi connectivity index (χ2v) is 5.23. The number of amides is 2. The Labute approximate surface area is 131 Å². The fourth-order valence-electron chi connectivity index (χ4n) is 2.09. The van der Waals surface area contributed by atoms with E-state index in [-0.39, 0.29) is 17.6 Å². The lowest BCUT2D eigenvalue weighted by Gasteiger charge is -2.22. The Morgan fingerprint density at radius 3 is 2.50 bits per heavy atom. The van der Waals surface area contributed by atoms with Crippen molar-refractivity contribution in [3.05, 3.63) is 29.8 Å². The number of hydrogen-bond donors (Lipinski definition) is 1. The molecule has 0 heterocycles. The lowest BCUT2D eigenvalue weighted by molar-refractivity contribution is -0.121. The first-order valence-electron chi connectivity index (χ1n) is 7.61. The van der Waals surface area contributed by atoms with Crippen LogP contribution in [0.15, 0.2) is 24.3 Å². The van der Waals surface area contributed by atoms with Gasteiger partial charge in [-0.3, -0.25) is 14.4 Å². The molecule has 0 aliphatic rings. The standard InChI is InChI=1S/C17H24N2O3/c1-4-5-9-17(22)18-10-11-19(14(3)21)16-8-6-7-15(12-16)13(2)20/h6-8,12H,4-5,9-11H2,1-3H3,(H,18,22). The Morgan fingerprint density at radius 2 is 1.91 bits per heavy atom. The molecular weight excluding hydrogens is 280 g/mol. The molecule has 0 aromatic heterocycles. The second-order valence-electron chi connectivity index (χ2n) is 5.23. The number of ketones is 1. The van der Waals surface area contributed by atoms with Crippen LogP contribution in [0.3, 0.4) is 0 Å². The van der Waals surface area contributed by atoms with Crippen molar-refractivity contribution in [2.24, 2.45) is 0 Å². The van der Waals surface area contributed by atoms with Crippen molar-refractivity contribution in [3.8, 4) is 0 Å². The van der Waals surface area contributed by atoms with Crippen LogP contribution in [-0.2, 0) is 9.59 Å². The predicted octanol–water partition coefficient (Wildman–Crippen LogP) is 2.55. The molecule has 0 radical (unpaired) electrons. The molecule has 0 fully saturated rings. The number of carbonyl (C=O) groups is 3. The van der Waals surface area contributed by atoms with E-state index in [9.17, 15) is 14.4 Å². The first-order chi connectivity index (χ1) is 10.5. The summed E-state index contributed by atoms with van der Waals surface area (Å²) < 4.78 is 0. The van der Waals surface area contributed by atoms with E-state index in [4.69, 9.17) is 0 Å². The SMILES string of the molecule is CCCCC(=O)NCCN(C(C)=O)c1cccc(C(C)=O)c1. The number of nitrogens with one attached hydrogen (secondary N) is 1. The van der Waals surface area contributed by atoms with Crippen LogP contribution in [0.5, 0.6) is 0 Å². The van der Waals surface area contributed by atoms with Crippen LogP contribution in [0.1, 0.15) is 50.4 Å². The Balaban J connectivity index is 2.66. The van der Waals surface area contributed by atoms with Gasteiger partial charge in [-0.2, -0.15) is 0 Å². The zero-order valence-corrected chi connectivity index (χ0v) is 13.5. The lowest BCUT2D eigenvalue weighted by atomic mass is 10.1. The van der Waals surface area contributed by atoms with Gasteiger partial charge in [0.05, 0.1) is 0 Å². The van der Waals surface area contributed by atoms with Crippen molar-refractivity contribution >= 4 is 23.3 Å². The van der Waals surface area contributed by atoms with Crippen molar-refractivity contribution in [1.82, 2.24) is 5.32 Å². The zero-order chi connectivity index (χ0) is 16.5. The second kappa shape index (κ2) is 8.97. The van der Waals surface area contributed by atoms with Gasteiger partial charge in [-0.25, -0.2) is 0 Å². The molecule has 1 aromatic rings. The van der Waals surface area contributed by atoms with Gasteiger partial charge >= 0.3 is 0 Å². The molecule has 0 spiro atoms. The Bertz CT molecular complexity index is 540. The smallest absolute Gasteiger partial charge is 0.223 e. The summed E-state index contributed by atoms with van der Waals surface area (Å²) in [6.07, 6.45) is 2.35. The molecule has 0 aliphatic heterocycles. The average Bonchev–Trinajstić information content (AvgIpc) is 2.49. The molecule has 0 aliphatic carbocycles. The number of benzene rings is 1. The fourth-order valence-corrected chi connectivity index (χ4v) is 2.09. The number of unbranched alkanes of at least 4 members (excludes halogenated alkanes) is 1. The fraction of sp³-hybridized carbons (Fsp3) is 0.471. The molecule has 1 rings (SSSR count). The van der Waals surface area contributed by atoms with Gasteiger partial charge in [0.2, 0.25) is 11.8 Å². The van der Waals surface area contributed by atoms with E-state index in [0.717, 1.165) is 12.8 Å². The summed E-state index contributed by atoms with van der Waals surface area (Å²) in [4.78, 5) is 36.4. The maximum absolute atomic E-state index is 11.8. The molecule has 0 saturated heterocycles. The largest absolute Gasteiger partial charge is 0.354 e. The van der Waals surface area contributed by atoms with Crippen molar-refractivity contribution in [2.45, 2.75) is 40.0 Å². The van der Waals surface area contributed by atoms with Gasteiger partial charge in [0.1, 0.15) is 0 Å². The summed E-state index contributed by atoms with van der Waals surface area (Å²) in [5.74, 6) is -0.162. The van der Waals surface area contributed by atoms with Crippen molar-refractivity contribution in [1.29, 1.82) is 0 Å². The molecule has 5 nitrogen and oxygen atoms in total. The van der Waals surface area contributed by atoms with Crippen LogP contribution in [0.25, 0.3) is 0 Å². The monoisotopic (exact) mass is 304 g/mol. The third-order valence-corrected chi connectivity index (χ3v) is 3.36. The van der Waals surface area contributed by atoms with E-state index in [1.54, 1.807) is 29.2 Å². The number of Topliss-reactive ketones (excluding diaryl/α,β-unsaturated/α-hetero) is 1. The van der Waals surface area contributed by atoms with Crippen LogP contribution in [0.4, 0.5) is 5.69 Å². The minimum atomic E-state index is -0.122. The van der Waals surface area contributed by atoms with E-state index in [1.165, 1.54) is 13.8 Å². The highest BCUT2D eigenvalue weighted by atomic mass is 16.2. The van der Waals surface area contributed by atoms with Gasteiger partial charge in [-0.1, -0.05) is 25.5 Å². The van der Waals surface area contributed by atoms with Gasteiger partial charge in [-0.05, 0) is 25.5 Å². The topological polar surface area (TPSA) is 66.5 Å². The molecule has 0 unspecified atom stereocenters. The molecule has 5 heteroatoms. The summed E-state index contributed by atoms with van der Waals surface area (Å²) in [6.45, 7) is 5.78. The highest BCUT2D eigenvalue weighted by molar-refractivity contribution is 5.97. The average molecular weight is 304 g/mol. The first kappa shape index (κ1) is 17.9. The van der Waals surface area contributed by atoms with Crippen LogP contribution >= 0.6 is 0 Å².